The van der Waals surface area contributed by atoms with E-state index in [9.17, 15) is 0 Å². The van der Waals surface area contributed by atoms with Crippen molar-refractivity contribution in [1.82, 2.24) is 5.32 Å². The van der Waals surface area contributed by atoms with Crippen molar-refractivity contribution in [3.05, 3.63) is 28.2 Å². The van der Waals surface area contributed by atoms with Crippen LogP contribution in [0.5, 0.6) is 0 Å². The summed E-state index contributed by atoms with van der Waals surface area (Å²) in [5.74, 6) is 0. The van der Waals surface area contributed by atoms with Crippen molar-refractivity contribution in [3.8, 4) is 0 Å². The van der Waals surface area contributed by atoms with Gasteiger partial charge in [-0.15, -0.1) is 0 Å². The molecule has 94 valence electrons. The van der Waals surface area contributed by atoms with Crippen LogP contribution in [0.1, 0.15) is 25.8 Å². The Kier molecular flexibility index (Phi) is 4.46. The van der Waals surface area contributed by atoms with Crippen molar-refractivity contribution in [2.45, 2.75) is 32.7 Å². The smallest absolute Gasteiger partial charge is 0.0400 e. The number of aryl methyl sites for hydroxylation is 1. The zero-order chi connectivity index (χ0) is 12.3. The van der Waals surface area contributed by atoms with Gasteiger partial charge in [0.05, 0.1) is 0 Å². The molecule has 1 N–H and O–H groups in total. The first-order valence-corrected chi connectivity index (χ1v) is 7.30. The summed E-state index contributed by atoms with van der Waals surface area (Å²) >= 11 is 3.56. The fourth-order valence-corrected chi connectivity index (χ4v) is 2.87. The van der Waals surface area contributed by atoms with Gasteiger partial charge >= 0.3 is 0 Å². The van der Waals surface area contributed by atoms with Gasteiger partial charge in [-0.3, -0.25) is 0 Å². The SMILES string of the molecule is CCc1cc(Br)ccc1N1CCNC(CC)C1. The lowest BCUT2D eigenvalue weighted by Crippen LogP contribution is -2.50. The number of hydrogen-bond donors (Lipinski definition) is 1. The van der Waals surface area contributed by atoms with E-state index in [1.807, 2.05) is 0 Å². The van der Waals surface area contributed by atoms with Gasteiger partial charge in [0.1, 0.15) is 0 Å². The lowest BCUT2D eigenvalue weighted by molar-refractivity contribution is 0.446. The monoisotopic (exact) mass is 296 g/mol. The van der Waals surface area contributed by atoms with Crippen molar-refractivity contribution in [1.29, 1.82) is 0 Å². The molecule has 1 atom stereocenters. The summed E-state index contributed by atoms with van der Waals surface area (Å²) in [5.41, 5.74) is 2.85. The highest BCUT2D eigenvalue weighted by atomic mass is 79.9. The van der Waals surface area contributed by atoms with E-state index in [-0.39, 0.29) is 0 Å². The third-order valence-electron chi connectivity index (χ3n) is 3.51. The van der Waals surface area contributed by atoms with Gasteiger partial charge in [-0.1, -0.05) is 29.8 Å². The lowest BCUT2D eigenvalue weighted by atomic mass is 10.1. The van der Waals surface area contributed by atoms with Crippen molar-refractivity contribution in [2.75, 3.05) is 24.5 Å². The molecule has 1 aromatic carbocycles. The van der Waals surface area contributed by atoms with Crippen molar-refractivity contribution >= 4 is 21.6 Å². The summed E-state index contributed by atoms with van der Waals surface area (Å²) < 4.78 is 1.18. The average Bonchev–Trinajstić information content (AvgIpc) is 2.38. The number of nitrogens with one attached hydrogen (secondary N) is 1. The Morgan fingerprint density at radius 3 is 2.94 bits per heavy atom. The molecule has 3 heteroatoms. The molecular weight excluding hydrogens is 276 g/mol. The largest absolute Gasteiger partial charge is 0.368 e. The Labute approximate surface area is 113 Å². The summed E-state index contributed by atoms with van der Waals surface area (Å²) in [6, 6.07) is 7.29. The number of piperazine rings is 1. The van der Waals surface area contributed by atoms with Crippen LogP contribution in [0.4, 0.5) is 5.69 Å². The van der Waals surface area contributed by atoms with E-state index in [2.05, 4.69) is 58.2 Å². The van der Waals surface area contributed by atoms with Crippen LogP contribution in [-0.2, 0) is 6.42 Å². The first-order valence-electron chi connectivity index (χ1n) is 6.51. The standard InChI is InChI=1S/C14H21BrN2/c1-3-11-9-12(15)5-6-14(11)17-8-7-16-13(4-2)10-17/h5-6,9,13,16H,3-4,7-8,10H2,1-2H3. The van der Waals surface area contributed by atoms with E-state index in [4.69, 9.17) is 0 Å². The second-order valence-electron chi connectivity index (χ2n) is 4.63. The van der Waals surface area contributed by atoms with Crippen LogP contribution in [0.25, 0.3) is 0 Å². The van der Waals surface area contributed by atoms with Crippen LogP contribution in [-0.4, -0.2) is 25.7 Å². The summed E-state index contributed by atoms with van der Waals surface area (Å²) in [4.78, 5) is 2.52. The molecule has 0 amide bonds. The molecule has 1 fully saturated rings. The molecular formula is C14H21BrN2. The van der Waals surface area contributed by atoms with E-state index in [0.29, 0.717) is 6.04 Å². The summed E-state index contributed by atoms with van der Waals surface area (Å²) in [6.45, 7) is 7.82. The van der Waals surface area contributed by atoms with Crippen LogP contribution < -0.4 is 10.2 Å². The Bertz CT molecular complexity index is 378. The Morgan fingerprint density at radius 2 is 2.24 bits per heavy atom. The molecule has 17 heavy (non-hydrogen) atoms. The Hall–Kier alpha value is -0.540. The third kappa shape index (κ3) is 3.02. The second kappa shape index (κ2) is 5.87. The highest BCUT2D eigenvalue weighted by Crippen LogP contribution is 2.26. The van der Waals surface area contributed by atoms with Crippen LogP contribution in [0.3, 0.4) is 0 Å². The normalized spacial score (nSPS) is 20.6. The molecule has 0 aliphatic carbocycles. The molecule has 2 nitrogen and oxygen atoms in total. The first-order chi connectivity index (χ1) is 8.24. The molecule has 1 aromatic rings. The quantitative estimate of drug-likeness (QED) is 0.921. The summed E-state index contributed by atoms with van der Waals surface area (Å²) in [6.07, 6.45) is 2.30. The molecule has 0 aromatic heterocycles. The molecule has 0 bridgehead atoms. The minimum absolute atomic E-state index is 0.636. The minimum atomic E-state index is 0.636. The van der Waals surface area contributed by atoms with E-state index in [0.717, 1.165) is 26.1 Å². The van der Waals surface area contributed by atoms with Crippen LogP contribution in [0, 0.1) is 0 Å². The third-order valence-corrected chi connectivity index (χ3v) is 4.00. The number of rotatable bonds is 3. The van der Waals surface area contributed by atoms with E-state index in [1.165, 1.54) is 22.1 Å². The summed E-state index contributed by atoms with van der Waals surface area (Å²) in [5, 5.41) is 3.57. The zero-order valence-corrected chi connectivity index (χ0v) is 12.3. The lowest BCUT2D eigenvalue weighted by Gasteiger charge is -2.36. The Balaban J connectivity index is 2.20. The predicted octanol–water partition coefficient (Wildman–Crippen LogP) is 3.20. The van der Waals surface area contributed by atoms with Crippen LogP contribution in [0.15, 0.2) is 22.7 Å². The Morgan fingerprint density at radius 1 is 1.41 bits per heavy atom. The van der Waals surface area contributed by atoms with Gasteiger partial charge in [0.25, 0.3) is 0 Å². The van der Waals surface area contributed by atoms with Crippen molar-refractivity contribution < 1.29 is 0 Å². The molecule has 0 saturated carbocycles. The molecule has 1 aliphatic rings. The maximum absolute atomic E-state index is 3.57. The summed E-state index contributed by atoms with van der Waals surface area (Å²) in [7, 11) is 0. The molecule has 0 spiro atoms. The maximum Gasteiger partial charge on any atom is 0.0400 e. The van der Waals surface area contributed by atoms with E-state index >= 15 is 0 Å². The number of anilines is 1. The molecule has 1 aliphatic heterocycles. The van der Waals surface area contributed by atoms with Gasteiger partial charge in [0, 0.05) is 35.8 Å². The number of hydrogen-bond acceptors (Lipinski definition) is 2. The average molecular weight is 297 g/mol. The number of nitrogens with zero attached hydrogens (tertiary/aromatic N) is 1. The van der Waals surface area contributed by atoms with E-state index < -0.39 is 0 Å². The molecule has 1 saturated heterocycles. The predicted molar refractivity (Wildman–Crippen MR) is 77.8 cm³/mol. The molecule has 2 rings (SSSR count). The second-order valence-corrected chi connectivity index (χ2v) is 5.55. The van der Waals surface area contributed by atoms with Crippen molar-refractivity contribution in [2.24, 2.45) is 0 Å². The minimum Gasteiger partial charge on any atom is -0.368 e. The number of benzene rings is 1. The van der Waals surface area contributed by atoms with Gasteiger partial charge in [-0.2, -0.15) is 0 Å². The van der Waals surface area contributed by atoms with E-state index in [1.54, 1.807) is 0 Å². The van der Waals surface area contributed by atoms with Gasteiger partial charge < -0.3 is 10.2 Å². The van der Waals surface area contributed by atoms with Crippen LogP contribution >= 0.6 is 15.9 Å². The highest BCUT2D eigenvalue weighted by molar-refractivity contribution is 9.10. The maximum atomic E-state index is 3.57. The number of halogens is 1. The molecule has 0 radical (unpaired) electrons. The molecule has 1 heterocycles. The topological polar surface area (TPSA) is 15.3 Å². The zero-order valence-electron chi connectivity index (χ0n) is 10.7. The highest BCUT2D eigenvalue weighted by Gasteiger charge is 2.19. The van der Waals surface area contributed by atoms with Gasteiger partial charge in [-0.25, -0.2) is 0 Å². The van der Waals surface area contributed by atoms with Crippen LogP contribution in [0.2, 0.25) is 0 Å². The first kappa shape index (κ1) is 12.9. The van der Waals surface area contributed by atoms with Gasteiger partial charge in [0.2, 0.25) is 0 Å². The van der Waals surface area contributed by atoms with Crippen molar-refractivity contribution in [3.63, 3.8) is 0 Å². The van der Waals surface area contributed by atoms with Gasteiger partial charge in [0.15, 0.2) is 0 Å². The fourth-order valence-electron chi connectivity index (χ4n) is 2.46. The van der Waals surface area contributed by atoms with Gasteiger partial charge in [-0.05, 0) is 36.6 Å². The molecule has 1 unspecified atom stereocenters. The fraction of sp³-hybridized carbons (Fsp3) is 0.571.